The molecule has 1 atom stereocenters. The first kappa shape index (κ1) is 8.30. The zero-order valence-corrected chi connectivity index (χ0v) is 6.72. The molecular formula is C7H8ClNO2. The second kappa shape index (κ2) is 3.07. The average molecular weight is 174 g/mol. The zero-order valence-electron chi connectivity index (χ0n) is 5.97. The van der Waals surface area contributed by atoms with Crippen LogP contribution in [0.2, 0.25) is 5.02 Å². The standard InChI is InChI=1S/C7H8ClNO2/c1-4(10)6-2-5(8)3-9-7(6)11/h2-4,10H,1H3,(H,9,11). The van der Waals surface area contributed by atoms with E-state index in [4.69, 9.17) is 16.7 Å². The van der Waals surface area contributed by atoms with E-state index in [0.29, 0.717) is 5.02 Å². The van der Waals surface area contributed by atoms with E-state index in [9.17, 15) is 4.79 Å². The second-order valence-electron chi connectivity index (χ2n) is 2.28. The van der Waals surface area contributed by atoms with Crippen LogP contribution in [0.4, 0.5) is 0 Å². The highest BCUT2D eigenvalue weighted by Gasteiger charge is 2.05. The summed E-state index contributed by atoms with van der Waals surface area (Å²) in [6, 6.07) is 1.45. The Balaban J connectivity index is 3.24. The van der Waals surface area contributed by atoms with E-state index < -0.39 is 6.10 Å². The first-order chi connectivity index (χ1) is 5.11. The van der Waals surface area contributed by atoms with Gasteiger partial charge >= 0.3 is 0 Å². The number of hydrogen-bond acceptors (Lipinski definition) is 2. The monoisotopic (exact) mass is 173 g/mol. The molecule has 0 amide bonds. The molecule has 0 radical (unpaired) electrons. The van der Waals surface area contributed by atoms with Crippen molar-refractivity contribution in [2.75, 3.05) is 0 Å². The zero-order chi connectivity index (χ0) is 8.43. The van der Waals surface area contributed by atoms with Crippen molar-refractivity contribution in [2.24, 2.45) is 0 Å². The Kier molecular flexibility index (Phi) is 2.31. The molecule has 0 aliphatic rings. The summed E-state index contributed by atoms with van der Waals surface area (Å²) >= 11 is 5.58. The summed E-state index contributed by atoms with van der Waals surface area (Å²) in [5.41, 5.74) is -0.0121. The van der Waals surface area contributed by atoms with E-state index in [1.807, 2.05) is 0 Å². The molecule has 1 heterocycles. The van der Waals surface area contributed by atoms with Gasteiger partial charge in [-0.15, -0.1) is 0 Å². The van der Waals surface area contributed by atoms with Gasteiger partial charge in [-0.3, -0.25) is 4.79 Å². The fraction of sp³-hybridized carbons (Fsp3) is 0.286. The minimum absolute atomic E-state index is 0.289. The lowest BCUT2D eigenvalue weighted by Crippen LogP contribution is -2.13. The van der Waals surface area contributed by atoms with Crippen LogP contribution in [0.5, 0.6) is 0 Å². The maximum Gasteiger partial charge on any atom is 0.253 e. The van der Waals surface area contributed by atoms with Crippen LogP contribution in [0, 0.1) is 0 Å². The summed E-state index contributed by atoms with van der Waals surface area (Å²) in [6.45, 7) is 1.51. The molecule has 2 N–H and O–H groups in total. The number of aromatic nitrogens is 1. The quantitative estimate of drug-likeness (QED) is 0.668. The third kappa shape index (κ3) is 1.82. The lowest BCUT2D eigenvalue weighted by Gasteiger charge is -2.01. The van der Waals surface area contributed by atoms with E-state index in [1.165, 1.54) is 19.2 Å². The van der Waals surface area contributed by atoms with Gasteiger partial charge < -0.3 is 10.1 Å². The average Bonchev–Trinajstić information content (AvgIpc) is 1.94. The molecule has 0 aliphatic carbocycles. The third-order valence-corrected chi connectivity index (χ3v) is 1.57. The molecule has 0 aromatic carbocycles. The summed E-state index contributed by atoms with van der Waals surface area (Å²) in [4.78, 5) is 13.3. The van der Waals surface area contributed by atoms with E-state index in [-0.39, 0.29) is 11.1 Å². The molecule has 4 heteroatoms. The van der Waals surface area contributed by atoms with Gasteiger partial charge in [0.15, 0.2) is 0 Å². The fourth-order valence-corrected chi connectivity index (χ4v) is 0.956. The molecule has 1 unspecified atom stereocenters. The number of hydrogen-bond donors (Lipinski definition) is 2. The van der Waals surface area contributed by atoms with Gasteiger partial charge in [0.2, 0.25) is 0 Å². The van der Waals surface area contributed by atoms with Gasteiger partial charge in [0.1, 0.15) is 0 Å². The van der Waals surface area contributed by atoms with Crippen LogP contribution in [0.15, 0.2) is 17.1 Å². The Bertz CT molecular complexity index is 306. The van der Waals surface area contributed by atoms with Crippen LogP contribution in [-0.2, 0) is 0 Å². The van der Waals surface area contributed by atoms with Crippen molar-refractivity contribution in [1.29, 1.82) is 0 Å². The molecule has 1 aromatic heterocycles. The lowest BCUT2D eigenvalue weighted by molar-refractivity contribution is 0.197. The molecule has 0 saturated carbocycles. The summed E-state index contributed by atoms with van der Waals surface area (Å²) in [7, 11) is 0. The lowest BCUT2D eigenvalue weighted by atomic mass is 10.2. The normalized spacial score (nSPS) is 13.0. The van der Waals surface area contributed by atoms with E-state index in [2.05, 4.69) is 4.98 Å². The molecule has 0 saturated heterocycles. The number of nitrogens with one attached hydrogen (secondary N) is 1. The van der Waals surface area contributed by atoms with Crippen molar-refractivity contribution in [3.63, 3.8) is 0 Å². The highest BCUT2D eigenvalue weighted by molar-refractivity contribution is 6.30. The Morgan fingerprint density at radius 2 is 2.36 bits per heavy atom. The summed E-state index contributed by atoms with van der Waals surface area (Å²) in [6.07, 6.45) is 0.605. The molecular weight excluding hydrogens is 166 g/mol. The van der Waals surface area contributed by atoms with Crippen molar-refractivity contribution >= 4 is 11.6 Å². The molecule has 3 nitrogen and oxygen atoms in total. The molecule has 1 aromatic rings. The Morgan fingerprint density at radius 1 is 1.73 bits per heavy atom. The molecule has 60 valence electrons. The Labute approximate surface area is 68.6 Å². The van der Waals surface area contributed by atoms with Gasteiger partial charge in [0.05, 0.1) is 11.1 Å². The van der Waals surface area contributed by atoms with Gasteiger partial charge in [-0.1, -0.05) is 11.6 Å². The Morgan fingerprint density at radius 3 is 2.82 bits per heavy atom. The fourth-order valence-electron chi connectivity index (χ4n) is 0.784. The van der Waals surface area contributed by atoms with Crippen LogP contribution in [-0.4, -0.2) is 10.1 Å². The van der Waals surface area contributed by atoms with Gasteiger partial charge in [-0.05, 0) is 13.0 Å². The van der Waals surface area contributed by atoms with Crippen molar-refractivity contribution in [3.8, 4) is 0 Å². The van der Waals surface area contributed by atoms with Crippen molar-refractivity contribution in [2.45, 2.75) is 13.0 Å². The number of halogens is 1. The van der Waals surface area contributed by atoms with Gasteiger partial charge in [0, 0.05) is 11.8 Å². The SMILES string of the molecule is CC(O)c1cc(Cl)c[nH]c1=O. The van der Waals surface area contributed by atoms with E-state index in [0.717, 1.165) is 0 Å². The maximum atomic E-state index is 10.9. The van der Waals surface area contributed by atoms with Crippen molar-refractivity contribution in [3.05, 3.63) is 33.2 Å². The highest BCUT2D eigenvalue weighted by Crippen LogP contribution is 2.11. The second-order valence-corrected chi connectivity index (χ2v) is 2.71. The smallest absolute Gasteiger partial charge is 0.253 e. The minimum atomic E-state index is -0.780. The van der Waals surface area contributed by atoms with Crippen LogP contribution < -0.4 is 5.56 Å². The number of aromatic amines is 1. The topological polar surface area (TPSA) is 53.1 Å². The van der Waals surface area contributed by atoms with Gasteiger partial charge in [0.25, 0.3) is 5.56 Å². The van der Waals surface area contributed by atoms with Gasteiger partial charge in [-0.2, -0.15) is 0 Å². The summed E-state index contributed by atoms with van der Waals surface area (Å²) in [5, 5.41) is 9.47. The largest absolute Gasteiger partial charge is 0.388 e. The van der Waals surface area contributed by atoms with Crippen LogP contribution in [0.25, 0.3) is 0 Å². The van der Waals surface area contributed by atoms with Crippen molar-refractivity contribution in [1.82, 2.24) is 4.98 Å². The van der Waals surface area contributed by atoms with Crippen LogP contribution in [0.3, 0.4) is 0 Å². The molecule has 11 heavy (non-hydrogen) atoms. The van der Waals surface area contributed by atoms with Crippen LogP contribution in [0.1, 0.15) is 18.6 Å². The molecule has 1 rings (SSSR count). The van der Waals surface area contributed by atoms with E-state index >= 15 is 0 Å². The minimum Gasteiger partial charge on any atom is -0.388 e. The molecule has 0 bridgehead atoms. The van der Waals surface area contributed by atoms with Crippen LogP contribution >= 0.6 is 11.6 Å². The van der Waals surface area contributed by atoms with E-state index in [1.54, 1.807) is 0 Å². The van der Waals surface area contributed by atoms with Crippen molar-refractivity contribution < 1.29 is 5.11 Å². The number of aliphatic hydroxyl groups is 1. The summed E-state index contributed by atoms with van der Waals surface area (Å²) < 4.78 is 0. The molecule has 0 aliphatic heterocycles. The summed E-state index contributed by atoms with van der Waals surface area (Å²) in [5.74, 6) is 0. The maximum absolute atomic E-state index is 10.9. The third-order valence-electron chi connectivity index (χ3n) is 1.35. The van der Waals surface area contributed by atoms with Gasteiger partial charge in [-0.25, -0.2) is 0 Å². The number of pyridine rings is 1. The number of rotatable bonds is 1. The number of aliphatic hydroxyl groups excluding tert-OH is 1. The number of H-pyrrole nitrogens is 1. The molecule has 0 spiro atoms. The highest BCUT2D eigenvalue weighted by atomic mass is 35.5. The first-order valence-corrected chi connectivity index (χ1v) is 3.55. The predicted octanol–water partition coefficient (Wildman–Crippen LogP) is 1.08. The first-order valence-electron chi connectivity index (χ1n) is 3.17. The molecule has 0 fully saturated rings. The Hall–Kier alpha value is -0.800. The predicted molar refractivity (Wildman–Crippen MR) is 42.7 cm³/mol.